The van der Waals surface area contributed by atoms with Crippen molar-refractivity contribution >= 4 is 111 Å². The number of fused-ring (bicyclic) bond motifs is 10. The molecule has 0 saturated heterocycles. The number of furan rings is 1. The van der Waals surface area contributed by atoms with E-state index in [1.807, 2.05) is 23.5 Å². The molecule has 0 atom stereocenters. The van der Waals surface area contributed by atoms with Gasteiger partial charge in [0.05, 0.1) is 0 Å². The molecule has 4 heterocycles. The second-order valence-electron chi connectivity index (χ2n) is 14.0. The van der Waals surface area contributed by atoms with E-state index >= 15 is 0 Å². The number of anilines is 6. The smallest absolute Gasteiger partial charge is 0.252 e. The highest BCUT2D eigenvalue weighted by molar-refractivity contribution is 7.26. The largest absolute Gasteiger partial charge is 0.456 e. The van der Waals surface area contributed by atoms with Crippen molar-refractivity contribution in [3.8, 4) is 11.1 Å². The lowest BCUT2D eigenvalue weighted by Crippen LogP contribution is -2.61. The number of nitrogens with zero attached hydrogens (tertiary/aromatic N) is 2. The Balaban J connectivity index is 1.03. The third-order valence-corrected chi connectivity index (χ3v) is 12.5. The molecule has 3 nitrogen and oxygen atoms in total. The molecule has 2 aliphatic rings. The minimum atomic E-state index is 0.0980. The molecule has 0 unspecified atom stereocenters. The molecule has 10 aromatic rings. The summed E-state index contributed by atoms with van der Waals surface area (Å²) in [6.45, 7) is 0.0980. The van der Waals surface area contributed by atoms with Crippen LogP contribution in [-0.2, 0) is 0 Å². The van der Waals surface area contributed by atoms with Gasteiger partial charge < -0.3 is 14.2 Å². The Morgan fingerprint density at radius 2 is 1.02 bits per heavy atom. The second-order valence-corrected chi connectivity index (χ2v) is 15.1. The fourth-order valence-electron chi connectivity index (χ4n) is 9.01. The van der Waals surface area contributed by atoms with Gasteiger partial charge >= 0.3 is 0 Å². The molecule has 0 bridgehead atoms. The van der Waals surface area contributed by atoms with Crippen LogP contribution in [0.5, 0.6) is 0 Å². The molecule has 0 amide bonds. The van der Waals surface area contributed by atoms with E-state index in [0.717, 1.165) is 33.3 Å². The molecule has 246 valence electrons. The van der Waals surface area contributed by atoms with Crippen LogP contribution in [0.4, 0.5) is 34.1 Å². The Hall–Kier alpha value is -6.56. The van der Waals surface area contributed by atoms with Crippen molar-refractivity contribution in [1.29, 1.82) is 0 Å². The quantitative estimate of drug-likeness (QED) is 0.172. The van der Waals surface area contributed by atoms with E-state index in [1.54, 1.807) is 0 Å². The van der Waals surface area contributed by atoms with Gasteiger partial charge in [0.2, 0.25) is 0 Å². The highest BCUT2D eigenvalue weighted by Crippen LogP contribution is 2.46. The van der Waals surface area contributed by atoms with Gasteiger partial charge in [0, 0.05) is 71.1 Å². The number of thiophene rings is 1. The van der Waals surface area contributed by atoms with Crippen LogP contribution < -0.4 is 26.2 Å². The van der Waals surface area contributed by atoms with Crippen molar-refractivity contribution < 1.29 is 4.42 Å². The molecule has 0 aliphatic carbocycles. The monoisotopic (exact) mass is 692 g/mol. The fraction of sp³-hybridized carbons (Fsp3) is 0. The van der Waals surface area contributed by atoms with Gasteiger partial charge in [-0.2, -0.15) is 0 Å². The normalized spacial score (nSPS) is 13.2. The maximum absolute atomic E-state index is 6.40. The number of para-hydroxylation sites is 3. The highest BCUT2D eigenvalue weighted by Gasteiger charge is 2.42. The van der Waals surface area contributed by atoms with Gasteiger partial charge in [-0.1, -0.05) is 109 Å². The van der Waals surface area contributed by atoms with Gasteiger partial charge in [-0.05, 0) is 88.2 Å². The molecular formula is C48H29BN2OS. The lowest BCUT2D eigenvalue weighted by Gasteiger charge is -2.44. The van der Waals surface area contributed by atoms with Crippen LogP contribution in [0.25, 0.3) is 53.2 Å². The van der Waals surface area contributed by atoms with E-state index in [2.05, 4.69) is 174 Å². The van der Waals surface area contributed by atoms with Crippen molar-refractivity contribution in [3.63, 3.8) is 0 Å². The van der Waals surface area contributed by atoms with Crippen LogP contribution in [0.3, 0.4) is 0 Å². The minimum absolute atomic E-state index is 0.0980. The van der Waals surface area contributed by atoms with Crippen molar-refractivity contribution in [3.05, 3.63) is 176 Å². The van der Waals surface area contributed by atoms with E-state index in [9.17, 15) is 0 Å². The maximum Gasteiger partial charge on any atom is 0.252 e. The third kappa shape index (κ3) is 4.11. The standard InChI is InChI=1S/C48H29BN2OS/c1-7-21-44-34(11-1)35-28-27-32(29-45(35)52-44)51-41-18-6-4-16-39(41)49-38-15-3-5-17-40(38)50(42-19-10-20-43(51)47(42)49)31-25-23-30(24-26-31)33-13-9-14-37-36-12-2-8-22-46(36)53-48(33)37/h1-29H. The number of hydrogen-bond donors (Lipinski definition) is 0. The van der Waals surface area contributed by atoms with E-state index in [0.29, 0.717) is 0 Å². The zero-order chi connectivity index (χ0) is 34.6. The van der Waals surface area contributed by atoms with E-state index in [-0.39, 0.29) is 6.71 Å². The summed E-state index contributed by atoms with van der Waals surface area (Å²) in [6, 6.07) is 64.2. The van der Waals surface area contributed by atoms with Gasteiger partial charge in [0.15, 0.2) is 0 Å². The van der Waals surface area contributed by atoms with Gasteiger partial charge in [-0.15, -0.1) is 11.3 Å². The Kier molecular flexibility index (Phi) is 6.02. The molecular weight excluding hydrogens is 663 g/mol. The number of benzene rings is 8. The summed E-state index contributed by atoms with van der Waals surface area (Å²) >= 11 is 1.88. The molecule has 2 aromatic heterocycles. The van der Waals surface area contributed by atoms with Crippen molar-refractivity contribution in [2.75, 3.05) is 9.80 Å². The summed E-state index contributed by atoms with van der Waals surface area (Å²) in [7, 11) is 0. The van der Waals surface area contributed by atoms with Crippen LogP contribution in [0.2, 0.25) is 0 Å². The predicted molar refractivity (Wildman–Crippen MR) is 226 cm³/mol. The zero-order valence-electron chi connectivity index (χ0n) is 28.5. The SMILES string of the molecule is c1ccc2c(c1)B1c3ccccc3N(c3ccc4c(c3)oc3ccccc34)c3cccc(c31)N2c1ccc(-c2cccc3c2sc2ccccc23)cc1. The van der Waals surface area contributed by atoms with Gasteiger partial charge in [-0.25, -0.2) is 0 Å². The second kappa shape index (κ2) is 11.0. The molecule has 12 rings (SSSR count). The summed E-state index contributed by atoms with van der Waals surface area (Å²) < 4.78 is 9.07. The third-order valence-electron chi connectivity index (χ3n) is 11.3. The average molecular weight is 693 g/mol. The van der Waals surface area contributed by atoms with Crippen molar-refractivity contribution in [2.45, 2.75) is 0 Å². The fourth-order valence-corrected chi connectivity index (χ4v) is 10.2. The Labute approximate surface area is 310 Å². The van der Waals surface area contributed by atoms with Gasteiger partial charge in [0.25, 0.3) is 6.71 Å². The van der Waals surface area contributed by atoms with Crippen LogP contribution in [0, 0.1) is 0 Å². The van der Waals surface area contributed by atoms with Crippen molar-refractivity contribution in [2.24, 2.45) is 0 Å². The summed E-state index contributed by atoms with van der Waals surface area (Å²) in [4.78, 5) is 4.89. The number of rotatable bonds is 3. The Morgan fingerprint density at radius 3 is 1.81 bits per heavy atom. The molecule has 2 aliphatic heterocycles. The zero-order valence-corrected chi connectivity index (χ0v) is 29.3. The molecule has 0 radical (unpaired) electrons. The van der Waals surface area contributed by atoms with E-state index < -0.39 is 0 Å². The minimum Gasteiger partial charge on any atom is -0.456 e. The summed E-state index contributed by atoms with van der Waals surface area (Å²) in [5, 5.41) is 4.93. The molecule has 0 saturated carbocycles. The van der Waals surface area contributed by atoms with Crippen LogP contribution in [0.1, 0.15) is 0 Å². The molecule has 8 aromatic carbocycles. The lowest BCUT2D eigenvalue weighted by molar-refractivity contribution is 0.669. The predicted octanol–water partition coefficient (Wildman–Crippen LogP) is 11.7. The summed E-state index contributed by atoms with van der Waals surface area (Å²) in [5.41, 5.74) is 15.3. The van der Waals surface area contributed by atoms with E-state index in [4.69, 9.17) is 4.42 Å². The molecule has 0 N–H and O–H groups in total. The molecule has 53 heavy (non-hydrogen) atoms. The first kappa shape index (κ1) is 29.1. The van der Waals surface area contributed by atoms with E-state index in [1.165, 1.54) is 70.4 Å². The molecule has 5 heteroatoms. The first-order chi connectivity index (χ1) is 26.3. The summed E-state index contributed by atoms with van der Waals surface area (Å²) in [6.07, 6.45) is 0. The van der Waals surface area contributed by atoms with Gasteiger partial charge in [-0.3, -0.25) is 0 Å². The first-order valence-corrected chi connectivity index (χ1v) is 18.9. The van der Waals surface area contributed by atoms with Crippen molar-refractivity contribution in [1.82, 2.24) is 0 Å². The van der Waals surface area contributed by atoms with Gasteiger partial charge in [0.1, 0.15) is 11.2 Å². The topological polar surface area (TPSA) is 19.6 Å². The first-order valence-electron chi connectivity index (χ1n) is 18.1. The summed E-state index contributed by atoms with van der Waals surface area (Å²) in [5.74, 6) is 0. The molecule has 0 fully saturated rings. The average Bonchev–Trinajstić information content (AvgIpc) is 3.79. The maximum atomic E-state index is 6.40. The van der Waals surface area contributed by atoms with Crippen LogP contribution in [0.15, 0.2) is 180 Å². The lowest BCUT2D eigenvalue weighted by atomic mass is 9.33. The Morgan fingerprint density at radius 1 is 0.434 bits per heavy atom. The van der Waals surface area contributed by atoms with Crippen LogP contribution >= 0.6 is 11.3 Å². The Bertz CT molecular complexity index is 3110. The highest BCUT2D eigenvalue weighted by atomic mass is 32.1. The number of hydrogen-bond acceptors (Lipinski definition) is 4. The van der Waals surface area contributed by atoms with Crippen LogP contribution in [-0.4, -0.2) is 6.71 Å². The molecule has 0 spiro atoms.